The van der Waals surface area contributed by atoms with Crippen LogP contribution >= 0.6 is 0 Å². The average molecular weight is 517 g/mol. The first-order valence-electron chi connectivity index (χ1n) is 12.8. The van der Waals surface area contributed by atoms with Crippen molar-refractivity contribution in [1.29, 1.82) is 0 Å². The third-order valence-corrected chi connectivity index (χ3v) is 7.09. The number of nitrogens with zero attached hydrogens (tertiary/aromatic N) is 4. The molecule has 0 aliphatic carbocycles. The molecule has 0 aromatic heterocycles. The Kier molecular flexibility index (Phi) is 13.9. The Balaban J connectivity index is 3.62. The van der Waals surface area contributed by atoms with E-state index in [1.54, 1.807) is 0 Å². The summed E-state index contributed by atoms with van der Waals surface area (Å²) < 4.78 is 0. The zero-order chi connectivity index (χ0) is 27.4. The van der Waals surface area contributed by atoms with Crippen LogP contribution in [0.5, 0.6) is 0 Å². The molecule has 0 radical (unpaired) electrons. The molecule has 0 bridgehead atoms. The Morgan fingerprint density at radius 3 is 0.750 bits per heavy atom. The lowest BCUT2D eigenvalue weighted by Gasteiger charge is -2.45. The monoisotopic (exact) mass is 516 g/mol. The van der Waals surface area contributed by atoms with Crippen LogP contribution in [0.4, 0.5) is 0 Å². The van der Waals surface area contributed by atoms with Crippen LogP contribution in [0, 0.1) is 0 Å². The molecule has 0 amide bonds. The van der Waals surface area contributed by atoms with Crippen LogP contribution < -0.4 is 0 Å². The second-order valence-electron chi connectivity index (χ2n) is 9.54. The van der Waals surface area contributed by atoms with E-state index in [1.807, 2.05) is 47.3 Å². The molecule has 1 fully saturated rings. The van der Waals surface area contributed by atoms with Crippen LogP contribution in [0.2, 0.25) is 0 Å². The highest BCUT2D eigenvalue weighted by Gasteiger charge is 2.34. The van der Waals surface area contributed by atoms with E-state index < -0.39 is 23.9 Å². The Morgan fingerprint density at radius 1 is 0.472 bits per heavy atom. The van der Waals surface area contributed by atoms with Gasteiger partial charge in [-0.15, -0.1) is 0 Å². The van der Waals surface area contributed by atoms with Crippen molar-refractivity contribution in [3.63, 3.8) is 0 Å². The second-order valence-corrected chi connectivity index (χ2v) is 9.54. The van der Waals surface area contributed by atoms with E-state index >= 15 is 0 Å². The minimum atomic E-state index is -1.00. The Morgan fingerprint density at radius 2 is 0.639 bits per heavy atom. The fourth-order valence-electron chi connectivity index (χ4n) is 5.16. The molecular weight excluding hydrogens is 472 g/mol. The first-order chi connectivity index (χ1) is 16.9. The van der Waals surface area contributed by atoms with Crippen molar-refractivity contribution < 1.29 is 39.6 Å². The zero-order valence-electron chi connectivity index (χ0n) is 22.0. The summed E-state index contributed by atoms with van der Waals surface area (Å²) in [7, 11) is 0. The van der Waals surface area contributed by atoms with E-state index in [-0.39, 0.29) is 50.3 Å². The molecule has 12 nitrogen and oxygen atoms in total. The summed E-state index contributed by atoms with van der Waals surface area (Å²) in [5.74, 6) is -4.01. The van der Waals surface area contributed by atoms with Gasteiger partial charge in [-0.2, -0.15) is 0 Å². The van der Waals surface area contributed by atoms with Gasteiger partial charge in [0.2, 0.25) is 0 Å². The topological polar surface area (TPSA) is 162 Å². The third-order valence-electron chi connectivity index (χ3n) is 7.09. The lowest BCUT2D eigenvalue weighted by Crippen LogP contribution is -2.59. The lowest BCUT2D eigenvalue weighted by atomic mass is 10.0. The molecule has 4 atom stereocenters. The van der Waals surface area contributed by atoms with Gasteiger partial charge in [0.1, 0.15) is 0 Å². The summed E-state index contributed by atoms with van der Waals surface area (Å²) in [6.45, 7) is 7.96. The molecule has 208 valence electrons. The SMILES string of the molecule is CCC1CN(CC(=O)O)C(CC)CN(CC(=O)O)C(CC)CN(CC(=O)O)C(CC)CN1CC(=O)O. The molecule has 4 N–H and O–H groups in total. The minimum Gasteiger partial charge on any atom is -0.480 e. The molecular formula is C24H44N4O8. The molecule has 1 saturated heterocycles. The molecule has 1 rings (SSSR count). The third kappa shape index (κ3) is 10.4. The van der Waals surface area contributed by atoms with Crippen molar-refractivity contribution >= 4 is 23.9 Å². The predicted molar refractivity (Wildman–Crippen MR) is 133 cm³/mol. The molecule has 1 aliphatic rings. The summed E-state index contributed by atoms with van der Waals surface area (Å²) in [5, 5.41) is 38.5. The quantitative estimate of drug-likeness (QED) is 0.287. The van der Waals surface area contributed by atoms with Crippen molar-refractivity contribution in [2.75, 3.05) is 52.4 Å². The van der Waals surface area contributed by atoms with Gasteiger partial charge in [-0.3, -0.25) is 38.8 Å². The van der Waals surface area contributed by atoms with Gasteiger partial charge in [0, 0.05) is 50.3 Å². The summed E-state index contributed by atoms with van der Waals surface area (Å²) in [6.07, 6.45) is 2.30. The minimum absolute atomic E-state index is 0.240. The van der Waals surface area contributed by atoms with Crippen LogP contribution in [0.25, 0.3) is 0 Å². The highest BCUT2D eigenvalue weighted by molar-refractivity contribution is 5.70. The lowest BCUT2D eigenvalue weighted by molar-refractivity contribution is -0.144. The molecule has 4 unspecified atom stereocenters. The van der Waals surface area contributed by atoms with Gasteiger partial charge < -0.3 is 20.4 Å². The molecule has 12 heteroatoms. The average Bonchev–Trinajstić information content (AvgIpc) is 2.78. The van der Waals surface area contributed by atoms with Crippen molar-refractivity contribution in [2.24, 2.45) is 0 Å². The molecule has 0 aromatic rings. The number of rotatable bonds is 12. The molecule has 0 saturated carbocycles. The highest BCUT2D eigenvalue weighted by atomic mass is 16.4. The first-order valence-corrected chi connectivity index (χ1v) is 12.8. The summed E-state index contributed by atoms with van der Waals surface area (Å²) in [6, 6.07) is -1.09. The van der Waals surface area contributed by atoms with Crippen molar-refractivity contribution in [2.45, 2.75) is 77.5 Å². The number of carbonyl (C=O) groups is 4. The molecule has 0 spiro atoms. The summed E-state index contributed by atoms with van der Waals surface area (Å²) >= 11 is 0. The Bertz CT molecular complexity index is 617. The van der Waals surface area contributed by atoms with Gasteiger partial charge in [0.15, 0.2) is 0 Å². The normalized spacial score (nSPS) is 26.1. The van der Waals surface area contributed by atoms with Crippen LogP contribution in [-0.2, 0) is 19.2 Å². The van der Waals surface area contributed by atoms with Crippen molar-refractivity contribution in [1.82, 2.24) is 19.6 Å². The van der Waals surface area contributed by atoms with Gasteiger partial charge >= 0.3 is 23.9 Å². The second kappa shape index (κ2) is 15.7. The summed E-state index contributed by atoms with van der Waals surface area (Å²) in [5.41, 5.74) is 0. The largest absolute Gasteiger partial charge is 0.480 e. The van der Waals surface area contributed by atoms with E-state index in [1.165, 1.54) is 0 Å². The van der Waals surface area contributed by atoms with Gasteiger partial charge in [-0.05, 0) is 25.7 Å². The van der Waals surface area contributed by atoms with Crippen LogP contribution in [0.1, 0.15) is 53.4 Å². The van der Waals surface area contributed by atoms with E-state index in [2.05, 4.69) is 0 Å². The van der Waals surface area contributed by atoms with Gasteiger partial charge in [0.05, 0.1) is 26.2 Å². The van der Waals surface area contributed by atoms with E-state index in [9.17, 15) is 39.6 Å². The zero-order valence-corrected chi connectivity index (χ0v) is 22.0. The fourth-order valence-corrected chi connectivity index (χ4v) is 5.16. The highest BCUT2D eigenvalue weighted by Crippen LogP contribution is 2.20. The molecule has 0 aromatic carbocycles. The van der Waals surface area contributed by atoms with Gasteiger partial charge in [-0.1, -0.05) is 27.7 Å². The smallest absolute Gasteiger partial charge is 0.317 e. The first kappa shape index (κ1) is 31.7. The fraction of sp³-hybridized carbons (Fsp3) is 0.833. The van der Waals surface area contributed by atoms with Gasteiger partial charge in [0.25, 0.3) is 0 Å². The van der Waals surface area contributed by atoms with Crippen molar-refractivity contribution in [3.8, 4) is 0 Å². The number of carboxylic acids is 4. The van der Waals surface area contributed by atoms with E-state index in [0.29, 0.717) is 51.9 Å². The van der Waals surface area contributed by atoms with E-state index in [0.717, 1.165) is 0 Å². The maximum atomic E-state index is 11.8. The van der Waals surface area contributed by atoms with Crippen LogP contribution in [0.15, 0.2) is 0 Å². The van der Waals surface area contributed by atoms with Crippen LogP contribution in [0.3, 0.4) is 0 Å². The Hall–Kier alpha value is -2.28. The number of aliphatic carboxylic acids is 4. The molecule has 1 heterocycles. The number of carboxylic acid groups (broad SMARTS) is 4. The Labute approximate surface area is 213 Å². The standard InChI is InChI=1S/C24H44N4O8/c1-5-17-9-26(14-22(31)32)19(7-3)11-28(16-24(35)36)20(8-4)12-27(15-23(33)34)18(6-2)10-25(17)13-21(29)30/h17-20H,5-16H2,1-4H3,(H,29,30)(H,31,32)(H,33,34)(H,35,36). The maximum Gasteiger partial charge on any atom is 0.317 e. The number of hydrogen-bond donors (Lipinski definition) is 4. The maximum absolute atomic E-state index is 11.8. The van der Waals surface area contributed by atoms with E-state index in [4.69, 9.17) is 0 Å². The van der Waals surface area contributed by atoms with Gasteiger partial charge in [-0.25, -0.2) is 0 Å². The van der Waals surface area contributed by atoms with Crippen molar-refractivity contribution in [3.05, 3.63) is 0 Å². The predicted octanol–water partition coefficient (Wildman–Crippen LogP) is 0.661. The summed E-state index contributed by atoms with van der Waals surface area (Å²) in [4.78, 5) is 54.3. The van der Waals surface area contributed by atoms with Crippen LogP contribution in [-0.4, -0.2) is 140 Å². The molecule has 1 aliphatic heterocycles. The number of hydrogen-bond acceptors (Lipinski definition) is 8. The molecule has 36 heavy (non-hydrogen) atoms.